The van der Waals surface area contributed by atoms with Crippen LogP contribution in [0.15, 0.2) is 0 Å². The molecule has 1 rings (SSSR count). The van der Waals surface area contributed by atoms with Gasteiger partial charge in [0, 0.05) is 13.1 Å². The highest BCUT2D eigenvalue weighted by atomic mass is 19.2. The molecular formula is C11H13F5N2. The van der Waals surface area contributed by atoms with Crippen molar-refractivity contribution in [2.75, 3.05) is 32.0 Å². The third kappa shape index (κ3) is 2.90. The summed E-state index contributed by atoms with van der Waals surface area (Å²) in [5.74, 6) is -9.72. The molecule has 0 fully saturated rings. The Morgan fingerprint density at radius 1 is 0.889 bits per heavy atom. The van der Waals surface area contributed by atoms with Crippen molar-refractivity contribution >= 4 is 5.69 Å². The topological polar surface area (TPSA) is 15.3 Å². The van der Waals surface area contributed by atoms with Crippen molar-refractivity contribution in [1.29, 1.82) is 0 Å². The van der Waals surface area contributed by atoms with Gasteiger partial charge >= 0.3 is 0 Å². The molecule has 0 atom stereocenters. The first kappa shape index (κ1) is 14.7. The standard InChI is InChI=1S/C11H13F5N2/c1-3-18(2)5-4-17-11-9(15)7(13)6(12)8(14)10(11)16/h17H,3-5H2,1-2H3. The molecule has 0 spiro atoms. The molecule has 0 saturated carbocycles. The first-order valence-electron chi connectivity index (χ1n) is 5.34. The van der Waals surface area contributed by atoms with E-state index in [1.54, 1.807) is 7.05 Å². The van der Waals surface area contributed by atoms with Gasteiger partial charge in [-0.1, -0.05) is 6.92 Å². The molecule has 0 bridgehead atoms. The van der Waals surface area contributed by atoms with Gasteiger partial charge in [0.2, 0.25) is 5.82 Å². The zero-order chi connectivity index (χ0) is 13.9. The van der Waals surface area contributed by atoms with Crippen molar-refractivity contribution in [3.05, 3.63) is 29.1 Å². The van der Waals surface area contributed by atoms with Crippen molar-refractivity contribution in [3.8, 4) is 0 Å². The molecule has 0 aromatic heterocycles. The Hall–Kier alpha value is -1.37. The van der Waals surface area contributed by atoms with E-state index in [4.69, 9.17) is 0 Å². The van der Waals surface area contributed by atoms with E-state index >= 15 is 0 Å². The Morgan fingerprint density at radius 3 is 1.78 bits per heavy atom. The summed E-state index contributed by atoms with van der Waals surface area (Å²) in [7, 11) is 1.76. The van der Waals surface area contributed by atoms with Crippen LogP contribution in [0.3, 0.4) is 0 Å². The fourth-order valence-corrected chi connectivity index (χ4v) is 1.29. The van der Waals surface area contributed by atoms with Crippen molar-refractivity contribution in [2.24, 2.45) is 0 Å². The number of benzene rings is 1. The zero-order valence-corrected chi connectivity index (χ0v) is 9.96. The van der Waals surface area contributed by atoms with Gasteiger partial charge in [-0.15, -0.1) is 0 Å². The minimum absolute atomic E-state index is 0.0721. The molecule has 2 nitrogen and oxygen atoms in total. The van der Waals surface area contributed by atoms with Crippen molar-refractivity contribution < 1.29 is 22.0 Å². The van der Waals surface area contributed by atoms with E-state index in [-0.39, 0.29) is 6.54 Å². The lowest BCUT2D eigenvalue weighted by Crippen LogP contribution is -2.25. The van der Waals surface area contributed by atoms with E-state index in [2.05, 4.69) is 5.32 Å². The highest BCUT2D eigenvalue weighted by Crippen LogP contribution is 2.26. The van der Waals surface area contributed by atoms with Crippen LogP contribution in [0.5, 0.6) is 0 Å². The van der Waals surface area contributed by atoms with Crippen molar-refractivity contribution in [3.63, 3.8) is 0 Å². The quantitative estimate of drug-likeness (QED) is 0.502. The van der Waals surface area contributed by atoms with Gasteiger partial charge in [0.05, 0.1) is 0 Å². The van der Waals surface area contributed by atoms with Gasteiger partial charge < -0.3 is 10.2 Å². The summed E-state index contributed by atoms with van der Waals surface area (Å²) in [4.78, 5) is 1.82. The summed E-state index contributed by atoms with van der Waals surface area (Å²) in [5, 5.41) is 2.22. The number of anilines is 1. The molecule has 1 aromatic carbocycles. The van der Waals surface area contributed by atoms with Gasteiger partial charge in [-0.2, -0.15) is 0 Å². The van der Waals surface area contributed by atoms with Crippen LogP contribution >= 0.6 is 0 Å². The number of rotatable bonds is 5. The van der Waals surface area contributed by atoms with Crippen molar-refractivity contribution in [1.82, 2.24) is 4.90 Å². The van der Waals surface area contributed by atoms with Gasteiger partial charge in [0.25, 0.3) is 0 Å². The highest BCUT2D eigenvalue weighted by molar-refractivity contribution is 5.47. The van der Waals surface area contributed by atoms with Crippen LogP contribution in [-0.2, 0) is 0 Å². The summed E-state index contributed by atoms with van der Waals surface area (Å²) in [6.07, 6.45) is 0. The molecule has 1 aromatic rings. The average Bonchev–Trinajstić information content (AvgIpc) is 2.37. The predicted octanol–water partition coefficient (Wildman–Crippen LogP) is 2.75. The Labute approximate surface area is 101 Å². The van der Waals surface area contributed by atoms with E-state index in [9.17, 15) is 22.0 Å². The molecule has 0 aliphatic rings. The Bertz CT molecular complexity index is 407. The Morgan fingerprint density at radius 2 is 1.33 bits per heavy atom. The fraction of sp³-hybridized carbons (Fsp3) is 0.455. The van der Waals surface area contributed by atoms with Gasteiger partial charge in [-0.25, -0.2) is 22.0 Å². The SMILES string of the molecule is CCN(C)CCNc1c(F)c(F)c(F)c(F)c1F. The summed E-state index contributed by atoms with van der Waals surface area (Å²) in [6.45, 7) is 3.07. The summed E-state index contributed by atoms with van der Waals surface area (Å²) < 4.78 is 64.8. The Kier molecular flexibility index (Phi) is 4.89. The number of hydrogen-bond donors (Lipinski definition) is 1. The molecule has 0 saturated heterocycles. The molecule has 102 valence electrons. The second-order valence-corrected chi connectivity index (χ2v) is 3.77. The maximum absolute atomic E-state index is 13.2. The molecule has 0 aliphatic heterocycles. The van der Waals surface area contributed by atoms with E-state index in [0.717, 1.165) is 0 Å². The van der Waals surface area contributed by atoms with Gasteiger partial charge in [0.1, 0.15) is 5.69 Å². The summed E-state index contributed by atoms with van der Waals surface area (Å²) in [6, 6.07) is 0. The van der Waals surface area contributed by atoms with Gasteiger partial charge in [-0.05, 0) is 13.6 Å². The van der Waals surface area contributed by atoms with E-state index in [0.29, 0.717) is 13.1 Å². The van der Waals surface area contributed by atoms with Gasteiger partial charge in [-0.3, -0.25) is 0 Å². The van der Waals surface area contributed by atoms with Crippen LogP contribution in [0.1, 0.15) is 6.92 Å². The van der Waals surface area contributed by atoms with E-state index in [1.807, 2.05) is 11.8 Å². The number of halogens is 5. The lowest BCUT2D eigenvalue weighted by Gasteiger charge is -2.15. The number of nitrogens with one attached hydrogen (secondary N) is 1. The summed E-state index contributed by atoms with van der Waals surface area (Å²) in [5.41, 5.74) is -0.990. The molecule has 0 amide bonds. The minimum Gasteiger partial charge on any atom is -0.379 e. The predicted molar refractivity (Wildman–Crippen MR) is 57.9 cm³/mol. The molecule has 18 heavy (non-hydrogen) atoms. The second-order valence-electron chi connectivity index (χ2n) is 3.77. The lowest BCUT2D eigenvalue weighted by molar-refractivity contribution is 0.363. The lowest BCUT2D eigenvalue weighted by atomic mass is 10.2. The third-order valence-electron chi connectivity index (χ3n) is 2.54. The van der Waals surface area contributed by atoms with E-state index in [1.165, 1.54) is 0 Å². The zero-order valence-electron chi connectivity index (χ0n) is 9.96. The molecule has 0 aliphatic carbocycles. The molecular weight excluding hydrogens is 255 g/mol. The van der Waals surface area contributed by atoms with Crippen molar-refractivity contribution in [2.45, 2.75) is 6.92 Å². The summed E-state index contributed by atoms with van der Waals surface area (Å²) >= 11 is 0. The first-order chi connectivity index (χ1) is 8.40. The molecule has 0 radical (unpaired) electrons. The smallest absolute Gasteiger partial charge is 0.200 e. The molecule has 7 heteroatoms. The van der Waals surface area contributed by atoms with Crippen LogP contribution < -0.4 is 5.32 Å². The number of nitrogens with zero attached hydrogens (tertiary/aromatic N) is 1. The number of hydrogen-bond acceptors (Lipinski definition) is 2. The number of likely N-dealkylation sites (N-methyl/N-ethyl adjacent to an activating group) is 1. The van der Waals surface area contributed by atoms with Crippen LogP contribution in [0.25, 0.3) is 0 Å². The van der Waals surface area contributed by atoms with Crippen LogP contribution in [0.4, 0.5) is 27.6 Å². The van der Waals surface area contributed by atoms with Crippen LogP contribution in [-0.4, -0.2) is 31.6 Å². The second kappa shape index (κ2) is 5.99. The Balaban J connectivity index is 2.89. The average molecular weight is 268 g/mol. The maximum Gasteiger partial charge on any atom is 0.200 e. The van der Waals surface area contributed by atoms with Gasteiger partial charge in [0.15, 0.2) is 23.3 Å². The highest BCUT2D eigenvalue weighted by Gasteiger charge is 2.25. The maximum atomic E-state index is 13.2. The largest absolute Gasteiger partial charge is 0.379 e. The fourth-order valence-electron chi connectivity index (χ4n) is 1.29. The van der Waals surface area contributed by atoms with E-state index < -0.39 is 34.8 Å². The molecule has 0 unspecified atom stereocenters. The van der Waals surface area contributed by atoms with Crippen LogP contribution in [0, 0.1) is 29.1 Å². The minimum atomic E-state index is -2.15. The third-order valence-corrected chi connectivity index (χ3v) is 2.54. The normalized spacial score (nSPS) is 11.1. The van der Waals surface area contributed by atoms with Crippen LogP contribution in [0.2, 0.25) is 0 Å². The monoisotopic (exact) mass is 268 g/mol. The first-order valence-corrected chi connectivity index (χ1v) is 5.34. The molecule has 1 N–H and O–H groups in total. The molecule has 0 heterocycles.